The molecule has 0 aliphatic carbocycles. The number of nitrogens with zero attached hydrogens (tertiary/aromatic N) is 3. The summed E-state index contributed by atoms with van der Waals surface area (Å²) >= 11 is 0. The fraction of sp³-hybridized carbons (Fsp3) is 0.389. The number of aliphatic imine (C=N–C) groups is 1. The smallest absolute Gasteiger partial charge is 0.341 e. The molecule has 0 saturated carbocycles. The molecular weight excluding hydrogens is 306 g/mol. The van der Waals surface area contributed by atoms with Gasteiger partial charge in [0.1, 0.15) is 5.56 Å². The molecule has 0 fully saturated rings. The minimum absolute atomic E-state index is 0.328. The Morgan fingerprint density at radius 2 is 2.17 bits per heavy atom. The largest absolute Gasteiger partial charge is 0.462 e. The second-order valence-electron chi connectivity index (χ2n) is 6.11. The molecule has 0 bridgehead atoms. The third kappa shape index (κ3) is 3.89. The van der Waals surface area contributed by atoms with Crippen LogP contribution in [0.5, 0.6) is 0 Å². The molecule has 1 aromatic carbocycles. The van der Waals surface area contributed by atoms with Crippen LogP contribution in [0, 0.1) is 6.92 Å². The monoisotopic (exact) mass is 329 g/mol. The van der Waals surface area contributed by atoms with Gasteiger partial charge in [-0.1, -0.05) is 6.07 Å². The zero-order valence-corrected chi connectivity index (χ0v) is 14.5. The van der Waals surface area contributed by atoms with Gasteiger partial charge in [0.25, 0.3) is 0 Å². The summed E-state index contributed by atoms with van der Waals surface area (Å²) in [7, 11) is 0. The first-order valence-electron chi connectivity index (χ1n) is 7.80. The van der Waals surface area contributed by atoms with E-state index in [4.69, 9.17) is 4.74 Å². The van der Waals surface area contributed by atoms with Crippen LogP contribution in [0.15, 0.2) is 29.4 Å². The van der Waals surface area contributed by atoms with E-state index in [-0.39, 0.29) is 5.97 Å². The third-order valence-corrected chi connectivity index (χ3v) is 3.68. The number of esters is 1. The van der Waals surface area contributed by atoms with E-state index in [0.29, 0.717) is 35.7 Å². The summed E-state index contributed by atoms with van der Waals surface area (Å²) in [4.78, 5) is 15.8. The molecule has 128 valence electrons. The van der Waals surface area contributed by atoms with Crippen LogP contribution in [0.3, 0.4) is 0 Å². The average molecular weight is 329 g/mol. The zero-order chi connectivity index (χ0) is 17.9. The number of hydrogen-bond acceptors (Lipinski definition) is 5. The number of carbonyl (C=O) groups excluding carboxylic acids is 1. The molecule has 0 aliphatic heterocycles. The lowest BCUT2D eigenvalue weighted by molar-refractivity contribution is 0.0525. The topological polar surface area (TPSA) is 76.7 Å². The first kappa shape index (κ1) is 17.9. The maximum atomic E-state index is 11.9. The molecule has 1 heterocycles. The van der Waals surface area contributed by atoms with E-state index in [0.717, 1.165) is 5.56 Å². The predicted octanol–water partition coefficient (Wildman–Crippen LogP) is 2.98. The van der Waals surface area contributed by atoms with Crippen LogP contribution in [0.1, 0.15) is 48.0 Å². The summed E-state index contributed by atoms with van der Waals surface area (Å²) in [5.74, 6) is -0.371. The van der Waals surface area contributed by atoms with Crippen molar-refractivity contribution in [2.75, 3.05) is 6.61 Å². The fourth-order valence-electron chi connectivity index (χ4n) is 2.50. The second-order valence-corrected chi connectivity index (χ2v) is 6.11. The first-order chi connectivity index (χ1) is 11.3. The Morgan fingerprint density at radius 3 is 2.75 bits per heavy atom. The van der Waals surface area contributed by atoms with Crippen molar-refractivity contribution in [2.45, 2.75) is 39.8 Å². The van der Waals surface area contributed by atoms with E-state index >= 15 is 0 Å². The van der Waals surface area contributed by atoms with Gasteiger partial charge in [-0.2, -0.15) is 5.10 Å². The van der Waals surface area contributed by atoms with Gasteiger partial charge in [-0.3, -0.25) is 9.67 Å². The van der Waals surface area contributed by atoms with Crippen molar-refractivity contribution in [1.82, 2.24) is 9.78 Å². The Morgan fingerprint density at radius 1 is 1.46 bits per heavy atom. The highest BCUT2D eigenvalue weighted by Crippen LogP contribution is 2.30. The predicted molar refractivity (Wildman–Crippen MR) is 92.9 cm³/mol. The number of ether oxygens (including phenoxy) is 1. The molecule has 2 rings (SSSR count). The molecule has 1 N–H and O–H groups in total. The van der Waals surface area contributed by atoms with Crippen molar-refractivity contribution in [3.8, 4) is 0 Å². The Balaban J connectivity index is 2.30. The normalized spacial score (nSPS) is 11.4. The van der Waals surface area contributed by atoms with Crippen molar-refractivity contribution in [3.05, 3.63) is 46.8 Å². The van der Waals surface area contributed by atoms with E-state index in [1.807, 2.05) is 18.2 Å². The standard InChI is InChI=1S/C18H23N3O3/c1-6-24-17(22)14-11-21(20-12(14)2)10-13-7-8-16(19-5)15(9-13)18(3,4)23/h7-9,11,23H,5-6,10H2,1-4H3. The Kier molecular flexibility index (Phi) is 5.19. The zero-order valence-electron chi connectivity index (χ0n) is 14.5. The number of aryl methyl sites for hydroxylation is 1. The van der Waals surface area contributed by atoms with E-state index in [1.54, 1.807) is 38.6 Å². The molecule has 0 unspecified atom stereocenters. The minimum atomic E-state index is -1.03. The van der Waals surface area contributed by atoms with Gasteiger partial charge in [0, 0.05) is 11.8 Å². The van der Waals surface area contributed by atoms with Gasteiger partial charge in [-0.05, 0) is 52.1 Å². The molecule has 0 radical (unpaired) electrons. The first-order valence-corrected chi connectivity index (χ1v) is 7.80. The maximum absolute atomic E-state index is 11.9. The number of aliphatic hydroxyl groups is 1. The highest BCUT2D eigenvalue weighted by Gasteiger charge is 2.21. The Labute approximate surface area is 141 Å². The van der Waals surface area contributed by atoms with Crippen LogP contribution in [0.4, 0.5) is 5.69 Å². The molecule has 0 aliphatic rings. The van der Waals surface area contributed by atoms with Gasteiger partial charge in [-0.15, -0.1) is 0 Å². The number of hydrogen-bond donors (Lipinski definition) is 1. The molecule has 24 heavy (non-hydrogen) atoms. The van der Waals surface area contributed by atoms with Gasteiger partial charge in [0.15, 0.2) is 0 Å². The van der Waals surface area contributed by atoms with Crippen molar-refractivity contribution >= 4 is 18.4 Å². The molecule has 0 spiro atoms. The van der Waals surface area contributed by atoms with Gasteiger partial charge in [0.2, 0.25) is 0 Å². The lowest BCUT2D eigenvalue weighted by atomic mass is 9.94. The molecule has 6 heteroatoms. The Hall–Kier alpha value is -2.47. The van der Waals surface area contributed by atoms with E-state index in [2.05, 4.69) is 16.8 Å². The van der Waals surface area contributed by atoms with Crippen LogP contribution in [-0.4, -0.2) is 34.2 Å². The van der Waals surface area contributed by atoms with E-state index < -0.39 is 5.60 Å². The third-order valence-electron chi connectivity index (χ3n) is 3.68. The summed E-state index contributed by atoms with van der Waals surface area (Å²) in [6, 6.07) is 5.60. The number of benzene rings is 1. The molecule has 0 amide bonds. The van der Waals surface area contributed by atoms with Gasteiger partial charge in [-0.25, -0.2) is 4.79 Å². The summed E-state index contributed by atoms with van der Waals surface area (Å²) in [6.45, 7) is 11.3. The molecular formula is C18H23N3O3. The summed E-state index contributed by atoms with van der Waals surface area (Å²) < 4.78 is 6.71. The molecule has 2 aromatic rings. The summed E-state index contributed by atoms with van der Waals surface area (Å²) in [6.07, 6.45) is 1.68. The van der Waals surface area contributed by atoms with Crippen LogP contribution in [0.25, 0.3) is 0 Å². The van der Waals surface area contributed by atoms with Crippen molar-refractivity contribution in [3.63, 3.8) is 0 Å². The van der Waals surface area contributed by atoms with Gasteiger partial charge in [0.05, 0.1) is 30.1 Å². The lowest BCUT2D eigenvalue weighted by Gasteiger charge is -2.20. The highest BCUT2D eigenvalue weighted by molar-refractivity contribution is 5.90. The average Bonchev–Trinajstić information content (AvgIpc) is 2.87. The van der Waals surface area contributed by atoms with Crippen LogP contribution in [0.2, 0.25) is 0 Å². The minimum Gasteiger partial charge on any atom is -0.462 e. The highest BCUT2D eigenvalue weighted by atomic mass is 16.5. The second kappa shape index (κ2) is 6.97. The van der Waals surface area contributed by atoms with E-state index in [1.165, 1.54) is 0 Å². The SMILES string of the molecule is C=Nc1ccc(Cn2cc(C(=O)OCC)c(C)n2)cc1C(C)(C)O. The van der Waals surface area contributed by atoms with Crippen molar-refractivity contribution in [2.24, 2.45) is 4.99 Å². The van der Waals surface area contributed by atoms with Crippen LogP contribution in [-0.2, 0) is 16.9 Å². The number of rotatable bonds is 6. The summed E-state index contributed by atoms with van der Waals surface area (Å²) in [5, 5.41) is 14.7. The Bertz CT molecular complexity index is 757. The lowest BCUT2D eigenvalue weighted by Crippen LogP contribution is -2.16. The van der Waals surface area contributed by atoms with Gasteiger partial charge >= 0.3 is 5.97 Å². The molecule has 1 aromatic heterocycles. The van der Waals surface area contributed by atoms with Gasteiger partial charge < -0.3 is 9.84 Å². The summed E-state index contributed by atoms with van der Waals surface area (Å²) in [5.41, 5.74) is 2.35. The number of carbonyl (C=O) groups is 1. The van der Waals surface area contributed by atoms with Crippen LogP contribution < -0.4 is 0 Å². The fourth-order valence-corrected chi connectivity index (χ4v) is 2.50. The van der Waals surface area contributed by atoms with Crippen LogP contribution >= 0.6 is 0 Å². The van der Waals surface area contributed by atoms with Crippen molar-refractivity contribution < 1.29 is 14.6 Å². The number of aromatic nitrogens is 2. The molecule has 0 atom stereocenters. The van der Waals surface area contributed by atoms with E-state index in [9.17, 15) is 9.90 Å². The quantitative estimate of drug-likeness (QED) is 0.653. The van der Waals surface area contributed by atoms with Crippen molar-refractivity contribution in [1.29, 1.82) is 0 Å². The maximum Gasteiger partial charge on any atom is 0.341 e. The molecule has 0 saturated heterocycles. The molecule has 6 nitrogen and oxygen atoms in total.